The molecule has 1 heterocycles. The van der Waals surface area contributed by atoms with E-state index in [0.29, 0.717) is 12.1 Å². The first-order valence-electron chi connectivity index (χ1n) is 8.75. The molecule has 0 amide bonds. The van der Waals surface area contributed by atoms with Crippen LogP contribution in [0.25, 0.3) is 5.57 Å². The molecule has 0 saturated carbocycles. The van der Waals surface area contributed by atoms with Crippen LogP contribution < -0.4 is 5.73 Å². The molecule has 0 spiro atoms. The third-order valence-electron chi connectivity index (χ3n) is 5.43. The average Bonchev–Trinajstić information content (AvgIpc) is 2.62. The van der Waals surface area contributed by atoms with Crippen LogP contribution in [0, 0.1) is 6.92 Å². The van der Waals surface area contributed by atoms with Crippen LogP contribution in [-0.4, -0.2) is 61.6 Å². The standard InChI is InChI=1S/C20H27N3O2/c1-15-6-4-5-7-17(15)16-8-9-20(18(21)14-16,19(24)25-3)23-12-10-22(2)11-13-23/h4-8,14H,9-13,21H2,1-3H3. The Morgan fingerprint density at radius 1 is 1.20 bits per heavy atom. The summed E-state index contributed by atoms with van der Waals surface area (Å²) < 4.78 is 5.16. The molecule has 0 radical (unpaired) electrons. The first kappa shape index (κ1) is 17.7. The average molecular weight is 341 g/mol. The lowest BCUT2D eigenvalue weighted by Gasteiger charge is -2.46. The Morgan fingerprint density at radius 2 is 1.88 bits per heavy atom. The highest BCUT2D eigenvalue weighted by atomic mass is 16.5. The molecule has 0 bridgehead atoms. The smallest absolute Gasteiger partial charge is 0.332 e. The van der Waals surface area contributed by atoms with Gasteiger partial charge < -0.3 is 15.4 Å². The van der Waals surface area contributed by atoms with Gasteiger partial charge in [-0.05, 0) is 36.7 Å². The third kappa shape index (κ3) is 3.10. The quantitative estimate of drug-likeness (QED) is 0.850. The summed E-state index contributed by atoms with van der Waals surface area (Å²) in [5.41, 5.74) is 9.61. The van der Waals surface area contributed by atoms with Crippen LogP contribution in [0.3, 0.4) is 0 Å². The number of aryl methyl sites for hydroxylation is 1. The second-order valence-corrected chi connectivity index (χ2v) is 6.92. The van der Waals surface area contributed by atoms with Crippen molar-refractivity contribution in [3.8, 4) is 0 Å². The summed E-state index contributed by atoms with van der Waals surface area (Å²) in [5, 5.41) is 0. The van der Waals surface area contributed by atoms with Gasteiger partial charge in [-0.25, -0.2) is 4.79 Å². The number of piperazine rings is 1. The van der Waals surface area contributed by atoms with Crippen LogP contribution in [0.2, 0.25) is 0 Å². The van der Waals surface area contributed by atoms with E-state index in [2.05, 4.69) is 42.0 Å². The number of rotatable bonds is 3. The van der Waals surface area contributed by atoms with Crippen molar-refractivity contribution in [1.82, 2.24) is 9.80 Å². The number of hydrogen-bond acceptors (Lipinski definition) is 5. The lowest BCUT2D eigenvalue weighted by Crippen LogP contribution is -2.63. The fourth-order valence-electron chi connectivity index (χ4n) is 3.80. The van der Waals surface area contributed by atoms with E-state index in [0.717, 1.165) is 37.3 Å². The van der Waals surface area contributed by atoms with Crippen LogP contribution in [0.1, 0.15) is 17.5 Å². The van der Waals surface area contributed by atoms with E-state index in [1.54, 1.807) is 0 Å². The predicted molar refractivity (Wildman–Crippen MR) is 99.9 cm³/mol. The molecule has 3 rings (SSSR count). The fourth-order valence-corrected chi connectivity index (χ4v) is 3.80. The molecule has 1 aromatic carbocycles. The maximum absolute atomic E-state index is 12.8. The van der Waals surface area contributed by atoms with Crippen LogP contribution in [-0.2, 0) is 9.53 Å². The Morgan fingerprint density at radius 3 is 2.48 bits per heavy atom. The first-order valence-corrected chi connectivity index (χ1v) is 8.75. The Labute approximate surface area is 149 Å². The lowest BCUT2D eigenvalue weighted by molar-refractivity contribution is -0.154. The molecule has 2 aliphatic rings. The van der Waals surface area contributed by atoms with Gasteiger partial charge in [0.1, 0.15) is 0 Å². The zero-order chi connectivity index (χ0) is 18.0. The van der Waals surface area contributed by atoms with E-state index >= 15 is 0 Å². The molecule has 1 atom stereocenters. The molecule has 1 aliphatic heterocycles. The minimum atomic E-state index is -0.887. The number of esters is 1. The number of benzene rings is 1. The maximum atomic E-state index is 12.8. The summed E-state index contributed by atoms with van der Waals surface area (Å²) in [6.45, 7) is 5.52. The van der Waals surface area contributed by atoms with Crippen molar-refractivity contribution in [3.05, 3.63) is 53.2 Å². The van der Waals surface area contributed by atoms with Gasteiger partial charge in [-0.3, -0.25) is 4.90 Å². The van der Waals surface area contributed by atoms with Gasteiger partial charge in [-0.1, -0.05) is 30.3 Å². The molecule has 1 unspecified atom stereocenters. The SMILES string of the molecule is COC(=O)C1(N2CCN(C)CC2)CC=C(c2ccccc2C)C=C1N. The molecule has 25 heavy (non-hydrogen) atoms. The second kappa shape index (κ2) is 7.02. The number of nitrogens with zero attached hydrogens (tertiary/aromatic N) is 2. The molecule has 1 aliphatic carbocycles. The number of ether oxygens (including phenoxy) is 1. The summed E-state index contributed by atoms with van der Waals surface area (Å²) in [5.74, 6) is -0.272. The fraction of sp³-hybridized carbons (Fsp3) is 0.450. The number of methoxy groups -OCH3 is 1. The van der Waals surface area contributed by atoms with E-state index in [-0.39, 0.29) is 5.97 Å². The van der Waals surface area contributed by atoms with E-state index in [4.69, 9.17) is 10.5 Å². The van der Waals surface area contributed by atoms with Gasteiger partial charge in [-0.15, -0.1) is 0 Å². The van der Waals surface area contributed by atoms with Crippen LogP contribution in [0.15, 0.2) is 42.1 Å². The molecular formula is C20H27N3O2. The largest absolute Gasteiger partial charge is 0.467 e. The van der Waals surface area contributed by atoms with Crippen LogP contribution >= 0.6 is 0 Å². The molecule has 134 valence electrons. The summed E-state index contributed by atoms with van der Waals surface area (Å²) in [6.07, 6.45) is 4.60. The summed E-state index contributed by atoms with van der Waals surface area (Å²) in [4.78, 5) is 17.2. The number of carbonyl (C=O) groups excluding carboxylic acids is 1. The van der Waals surface area contributed by atoms with Crippen LogP contribution in [0.4, 0.5) is 0 Å². The summed E-state index contributed by atoms with van der Waals surface area (Å²) >= 11 is 0. The first-order chi connectivity index (χ1) is 12.0. The number of carbonyl (C=O) groups is 1. The summed E-state index contributed by atoms with van der Waals surface area (Å²) in [6, 6.07) is 8.23. The zero-order valence-corrected chi connectivity index (χ0v) is 15.3. The van der Waals surface area contributed by atoms with Gasteiger partial charge in [0.2, 0.25) is 0 Å². The maximum Gasteiger partial charge on any atom is 0.332 e. The molecule has 1 saturated heterocycles. The number of nitrogens with two attached hydrogens (primary N) is 1. The monoisotopic (exact) mass is 341 g/mol. The van der Waals surface area contributed by atoms with E-state index in [1.807, 2.05) is 18.2 Å². The van der Waals surface area contributed by atoms with Crippen molar-refractivity contribution in [2.45, 2.75) is 18.9 Å². The Kier molecular flexibility index (Phi) is 4.97. The van der Waals surface area contributed by atoms with Crippen molar-refractivity contribution in [2.24, 2.45) is 5.73 Å². The highest BCUT2D eigenvalue weighted by Crippen LogP contribution is 2.36. The molecule has 1 fully saturated rings. The summed E-state index contributed by atoms with van der Waals surface area (Å²) in [7, 11) is 3.53. The van der Waals surface area contributed by atoms with Crippen LogP contribution in [0.5, 0.6) is 0 Å². The Hall–Kier alpha value is -2.11. The minimum absolute atomic E-state index is 0.272. The molecule has 1 aromatic rings. The van der Waals surface area contributed by atoms with E-state index < -0.39 is 5.54 Å². The van der Waals surface area contributed by atoms with Crippen molar-refractivity contribution in [2.75, 3.05) is 40.3 Å². The van der Waals surface area contributed by atoms with Gasteiger partial charge in [0.25, 0.3) is 0 Å². The van der Waals surface area contributed by atoms with Crippen molar-refractivity contribution in [1.29, 1.82) is 0 Å². The van der Waals surface area contributed by atoms with Crippen molar-refractivity contribution >= 4 is 11.5 Å². The highest BCUT2D eigenvalue weighted by molar-refractivity contribution is 5.89. The normalized spacial score (nSPS) is 25.2. The van der Waals surface area contributed by atoms with E-state index in [1.165, 1.54) is 12.7 Å². The van der Waals surface area contributed by atoms with Crippen molar-refractivity contribution in [3.63, 3.8) is 0 Å². The van der Waals surface area contributed by atoms with Crippen molar-refractivity contribution < 1.29 is 9.53 Å². The predicted octanol–water partition coefficient (Wildman–Crippen LogP) is 1.78. The van der Waals surface area contributed by atoms with Gasteiger partial charge >= 0.3 is 5.97 Å². The number of allylic oxidation sites excluding steroid dienone is 2. The number of likely N-dealkylation sites (N-methyl/N-ethyl adjacent to an activating group) is 1. The third-order valence-corrected chi connectivity index (χ3v) is 5.43. The molecule has 5 nitrogen and oxygen atoms in total. The second-order valence-electron chi connectivity index (χ2n) is 6.92. The minimum Gasteiger partial charge on any atom is -0.467 e. The van der Waals surface area contributed by atoms with E-state index in [9.17, 15) is 4.79 Å². The topological polar surface area (TPSA) is 58.8 Å². The molecule has 5 heteroatoms. The molecule has 2 N–H and O–H groups in total. The molecular weight excluding hydrogens is 314 g/mol. The van der Waals surface area contributed by atoms with Gasteiger partial charge in [-0.2, -0.15) is 0 Å². The van der Waals surface area contributed by atoms with Gasteiger partial charge in [0.05, 0.1) is 7.11 Å². The van der Waals surface area contributed by atoms with Gasteiger partial charge in [0, 0.05) is 38.3 Å². The lowest BCUT2D eigenvalue weighted by atomic mass is 9.81. The van der Waals surface area contributed by atoms with Gasteiger partial charge in [0.15, 0.2) is 5.54 Å². The highest BCUT2D eigenvalue weighted by Gasteiger charge is 2.48. The zero-order valence-electron chi connectivity index (χ0n) is 15.3. The molecule has 0 aromatic heterocycles. The number of hydrogen-bond donors (Lipinski definition) is 1. The Bertz CT molecular complexity index is 717. The Balaban J connectivity index is 1.96.